The first-order valence-corrected chi connectivity index (χ1v) is 9.84. The molecule has 0 aliphatic carbocycles. The molecule has 0 bridgehead atoms. The molecule has 0 unspecified atom stereocenters. The molecule has 1 aromatic rings. The lowest BCUT2D eigenvalue weighted by molar-refractivity contribution is 0.249. The maximum Gasteiger partial charge on any atom is 0.169 e. The Morgan fingerprint density at radius 1 is 1.03 bits per heavy atom. The SMILES string of the molecule is Cl.Cl.N#CC(C#N)=C1NCCN1CCNCc1ccc(CN2CCCCCC2)o1. The summed E-state index contributed by atoms with van der Waals surface area (Å²) >= 11 is 0. The molecular formula is C20H30Cl2N6O. The van der Waals surface area contributed by atoms with Crippen LogP contribution in [0.4, 0.5) is 0 Å². The first kappa shape index (κ1) is 25.1. The Labute approximate surface area is 185 Å². The Hall–Kier alpha value is -1.90. The van der Waals surface area contributed by atoms with Crippen molar-refractivity contribution in [1.82, 2.24) is 20.4 Å². The standard InChI is InChI=1S/C20H28N6O.2ClH/c21-13-17(14-22)20-24-8-12-26(20)11-7-23-15-18-5-6-19(27-18)16-25-9-3-1-2-4-10-25;;/h5-6,23-24H,1-4,7-12,15-16H2;2*1H. The number of nitriles is 2. The summed E-state index contributed by atoms with van der Waals surface area (Å²) in [7, 11) is 0. The zero-order valence-electron chi connectivity index (χ0n) is 16.7. The molecule has 2 N–H and O–H groups in total. The maximum atomic E-state index is 9.03. The highest BCUT2D eigenvalue weighted by Crippen LogP contribution is 2.15. The van der Waals surface area contributed by atoms with Crippen molar-refractivity contribution in [1.29, 1.82) is 10.5 Å². The van der Waals surface area contributed by atoms with Crippen LogP contribution in [0.25, 0.3) is 0 Å². The Balaban J connectivity index is 0.00000210. The van der Waals surface area contributed by atoms with Crippen LogP contribution in [0.1, 0.15) is 37.2 Å². The van der Waals surface area contributed by atoms with Gasteiger partial charge in [-0.1, -0.05) is 12.8 Å². The van der Waals surface area contributed by atoms with Gasteiger partial charge in [-0.25, -0.2) is 0 Å². The highest BCUT2D eigenvalue weighted by atomic mass is 35.5. The molecule has 160 valence electrons. The molecule has 0 aromatic carbocycles. The molecule has 0 saturated carbocycles. The van der Waals surface area contributed by atoms with Crippen LogP contribution < -0.4 is 10.6 Å². The second kappa shape index (κ2) is 13.3. The van der Waals surface area contributed by atoms with Gasteiger partial charge in [-0.3, -0.25) is 4.90 Å². The van der Waals surface area contributed by atoms with Gasteiger partial charge in [-0.05, 0) is 38.1 Å². The van der Waals surface area contributed by atoms with E-state index < -0.39 is 0 Å². The normalized spacial score (nSPS) is 16.6. The van der Waals surface area contributed by atoms with E-state index in [0.717, 1.165) is 44.2 Å². The molecule has 29 heavy (non-hydrogen) atoms. The molecule has 0 radical (unpaired) electrons. The summed E-state index contributed by atoms with van der Waals surface area (Å²) in [5.74, 6) is 2.64. The average molecular weight is 441 g/mol. The van der Waals surface area contributed by atoms with Gasteiger partial charge in [0.05, 0.1) is 13.1 Å². The van der Waals surface area contributed by atoms with E-state index in [0.29, 0.717) is 12.4 Å². The topological polar surface area (TPSA) is 91.3 Å². The number of rotatable bonds is 7. The fourth-order valence-corrected chi connectivity index (χ4v) is 3.68. The highest BCUT2D eigenvalue weighted by Gasteiger charge is 2.20. The van der Waals surface area contributed by atoms with E-state index >= 15 is 0 Å². The van der Waals surface area contributed by atoms with E-state index in [1.807, 2.05) is 23.1 Å². The number of furan rings is 1. The van der Waals surface area contributed by atoms with Crippen LogP contribution in [0.5, 0.6) is 0 Å². The van der Waals surface area contributed by atoms with E-state index in [4.69, 9.17) is 14.9 Å². The van der Waals surface area contributed by atoms with Crippen LogP contribution in [0.15, 0.2) is 27.9 Å². The molecule has 2 aliphatic heterocycles. The summed E-state index contributed by atoms with van der Waals surface area (Å²) < 4.78 is 5.97. The van der Waals surface area contributed by atoms with Crippen molar-refractivity contribution in [2.45, 2.75) is 38.8 Å². The quantitative estimate of drug-likeness (QED) is 0.497. The van der Waals surface area contributed by atoms with Gasteiger partial charge in [-0.15, -0.1) is 24.8 Å². The number of allylic oxidation sites excluding steroid dienone is 1. The van der Waals surface area contributed by atoms with Crippen molar-refractivity contribution in [2.24, 2.45) is 0 Å². The third-order valence-electron chi connectivity index (χ3n) is 5.10. The molecular weight excluding hydrogens is 411 g/mol. The van der Waals surface area contributed by atoms with Gasteiger partial charge in [0.15, 0.2) is 5.57 Å². The number of hydrogen-bond acceptors (Lipinski definition) is 7. The van der Waals surface area contributed by atoms with Crippen molar-refractivity contribution in [3.63, 3.8) is 0 Å². The molecule has 3 rings (SSSR count). The summed E-state index contributed by atoms with van der Waals surface area (Å²) in [5.41, 5.74) is 0.150. The van der Waals surface area contributed by atoms with Crippen LogP contribution in [0.3, 0.4) is 0 Å². The summed E-state index contributed by atoms with van der Waals surface area (Å²) in [4.78, 5) is 4.53. The van der Waals surface area contributed by atoms with E-state index in [-0.39, 0.29) is 30.4 Å². The van der Waals surface area contributed by atoms with Crippen LogP contribution in [-0.4, -0.2) is 49.1 Å². The summed E-state index contributed by atoms with van der Waals surface area (Å²) in [6.45, 7) is 7.00. The van der Waals surface area contributed by atoms with E-state index in [2.05, 4.69) is 21.6 Å². The van der Waals surface area contributed by atoms with Crippen molar-refractivity contribution < 1.29 is 4.42 Å². The Bertz CT molecular complexity index is 712. The van der Waals surface area contributed by atoms with Crippen LogP contribution in [0.2, 0.25) is 0 Å². The minimum absolute atomic E-state index is 0. The number of likely N-dealkylation sites (tertiary alicyclic amines) is 1. The second-order valence-corrected chi connectivity index (χ2v) is 7.10. The van der Waals surface area contributed by atoms with Gasteiger partial charge >= 0.3 is 0 Å². The average Bonchev–Trinajstić information content (AvgIpc) is 3.24. The van der Waals surface area contributed by atoms with E-state index in [9.17, 15) is 0 Å². The van der Waals surface area contributed by atoms with Crippen molar-refractivity contribution in [2.75, 3.05) is 39.3 Å². The molecule has 0 spiro atoms. The third kappa shape index (κ3) is 7.45. The largest absolute Gasteiger partial charge is 0.463 e. The zero-order valence-corrected chi connectivity index (χ0v) is 18.3. The lowest BCUT2D eigenvalue weighted by Crippen LogP contribution is -2.30. The highest BCUT2D eigenvalue weighted by molar-refractivity contribution is 5.85. The summed E-state index contributed by atoms with van der Waals surface area (Å²) in [5, 5.41) is 24.6. The van der Waals surface area contributed by atoms with Crippen LogP contribution >= 0.6 is 24.8 Å². The number of halogens is 2. The minimum atomic E-state index is 0. The Kier molecular flexibility index (Phi) is 11.6. The number of hydrogen-bond donors (Lipinski definition) is 2. The maximum absolute atomic E-state index is 9.03. The molecule has 1 aromatic heterocycles. The van der Waals surface area contributed by atoms with Gasteiger partial charge in [0.2, 0.25) is 0 Å². The van der Waals surface area contributed by atoms with Gasteiger partial charge in [0.25, 0.3) is 0 Å². The molecule has 0 amide bonds. The fraction of sp³-hybridized carbons (Fsp3) is 0.600. The first-order chi connectivity index (χ1) is 13.3. The molecule has 2 fully saturated rings. The van der Waals surface area contributed by atoms with Crippen molar-refractivity contribution >= 4 is 24.8 Å². The van der Waals surface area contributed by atoms with Gasteiger partial charge < -0.3 is 20.0 Å². The van der Waals surface area contributed by atoms with Crippen LogP contribution in [-0.2, 0) is 13.1 Å². The summed E-state index contributed by atoms with van der Waals surface area (Å²) in [6, 6.07) is 8.04. The van der Waals surface area contributed by atoms with Crippen molar-refractivity contribution in [3.05, 3.63) is 35.0 Å². The number of nitrogens with zero attached hydrogens (tertiary/aromatic N) is 4. The molecule has 9 heteroatoms. The zero-order chi connectivity index (χ0) is 18.9. The van der Waals surface area contributed by atoms with Gasteiger partial charge in [0, 0.05) is 26.2 Å². The smallest absolute Gasteiger partial charge is 0.169 e. The lowest BCUT2D eigenvalue weighted by atomic mass is 10.2. The first-order valence-electron chi connectivity index (χ1n) is 9.84. The molecule has 2 aliphatic rings. The third-order valence-corrected chi connectivity index (χ3v) is 5.10. The van der Waals surface area contributed by atoms with Gasteiger partial charge in [-0.2, -0.15) is 10.5 Å². The monoisotopic (exact) mass is 440 g/mol. The molecule has 7 nitrogen and oxygen atoms in total. The summed E-state index contributed by atoms with van der Waals surface area (Å²) in [6.07, 6.45) is 5.27. The van der Waals surface area contributed by atoms with Crippen LogP contribution in [0, 0.1) is 22.7 Å². The molecule has 0 atom stereocenters. The number of nitrogens with one attached hydrogen (secondary N) is 2. The predicted octanol–water partition coefficient (Wildman–Crippen LogP) is 2.75. The Morgan fingerprint density at radius 2 is 1.72 bits per heavy atom. The lowest BCUT2D eigenvalue weighted by Gasteiger charge is -2.19. The second-order valence-electron chi connectivity index (χ2n) is 7.10. The fourth-order valence-electron chi connectivity index (χ4n) is 3.68. The minimum Gasteiger partial charge on any atom is -0.463 e. The van der Waals surface area contributed by atoms with E-state index in [1.54, 1.807) is 0 Å². The Morgan fingerprint density at radius 3 is 2.41 bits per heavy atom. The predicted molar refractivity (Wildman–Crippen MR) is 116 cm³/mol. The van der Waals surface area contributed by atoms with Gasteiger partial charge in [0.1, 0.15) is 29.5 Å². The molecule has 2 saturated heterocycles. The molecule has 3 heterocycles. The van der Waals surface area contributed by atoms with Crippen molar-refractivity contribution in [3.8, 4) is 12.1 Å². The van der Waals surface area contributed by atoms with E-state index in [1.165, 1.54) is 38.8 Å².